The van der Waals surface area contributed by atoms with E-state index in [1.165, 1.54) is 12.8 Å². The van der Waals surface area contributed by atoms with Crippen molar-refractivity contribution in [2.45, 2.75) is 58.4 Å². The summed E-state index contributed by atoms with van der Waals surface area (Å²) in [5.41, 5.74) is 0.338. The van der Waals surface area contributed by atoms with Crippen molar-refractivity contribution in [3.05, 3.63) is 0 Å². The average Bonchev–Trinajstić information content (AvgIpc) is 2.80. The molecule has 2 saturated carbocycles. The fourth-order valence-corrected chi connectivity index (χ4v) is 2.09. The van der Waals surface area contributed by atoms with E-state index in [1.54, 1.807) is 0 Å². The molecule has 0 aromatic rings. The van der Waals surface area contributed by atoms with Crippen molar-refractivity contribution in [2.24, 2.45) is 11.3 Å². The maximum Gasteiger partial charge on any atom is 0.220 e. The summed E-state index contributed by atoms with van der Waals surface area (Å²) >= 11 is 0. The first-order valence-corrected chi connectivity index (χ1v) is 5.74. The molecule has 0 bridgehead atoms. The third-order valence-electron chi connectivity index (χ3n) is 3.74. The molecule has 14 heavy (non-hydrogen) atoms. The Kier molecular flexibility index (Phi) is 2.13. The second-order valence-corrected chi connectivity index (χ2v) is 6.03. The predicted molar refractivity (Wildman–Crippen MR) is 56.9 cm³/mol. The number of nitrogens with one attached hydrogen (secondary N) is 1. The Morgan fingerprint density at radius 3 is 2.29 bits per heavy atom. The molecule has 2 nitrogen and oxygen atoms in total. The Morgan fingerprint density at radius 1 is 1.36 bits per heavy atom. The summed E-state index contributed by atoms with van der Waals surface area (Å²) in [7, 11) is 0. The lowest BCUT2D eigenvalue weighted by Gasteiger charge is -2.31. The lowest BCUT2D eigenvalue weighted by molar-refractivity contribution is -0.123. The van der Waals surface area contributed by atoms with Crippen LogP contribution in [0.4, 0.5) is 0 Å². The van der Waals surface area contributed by atoms with Gasteiger partial charge in [0.25, 0.3) is 0 Å². The highest BCUT2D eigenvalue weighted by Gasteiger charge is 2.52. The molecule has 0 saturated heterocycles. The third kappa shape index (κ3) is 1.94. The second kappa shape index (κ2) is 2.98. The van der Waals surface area contributed by atoms with Gasteiger partial charge in [-0.15, -0.1) is 0 Å². The maximum absolute atomic E-state index is 11.7. The number of carbonyl (C=O) groups excluding carboxylic acids is 1. The molecule has 0 aromatic heterocycles. The number of rotatable bonds is 3. The minimum atomic E-state index is 0.124. The summed E-state index contributed by atoms with van der Waals surface area (Å²) in [6, 6.07) is 0. The fourth-order valence-electron chi connectivity index (χ4n) is 2.09. The van der Waals surface area contributed by atoms with E-state index in [9.17, 15) is 4.79 Å². The zero-order valence-electron chi connectivity index (χ0n) is 9.52. The van der Waals surface area contributed by atoms with E-state index in [4.69, 9.17) is 0 Å². The SMILES string of the molecule is CC(C)(C)C1(NC(=O)CC2CC2)CC1. The molecule has 2 fully saturated rings. The van der Waals surface area contributed by atoms with Crippen LogP contribution in [-0.4, -0.2) is 11.4 Å². The van der Waals surface area contributed by atoms with Crippen LogP contribution >= 0.6 is 0 Å². The topological polar surface area (TPSA) is 29.1 Å². The molecule has 0 atom stereocenters. The summed E-state index contributed by atoms with van der Waals surface area (Å²) in [5.74, 6) is 0.977. The minimum absolute atomic E-state index is 0.124. The van der Waals surface area contributed by atoms with Gasteiger partial charge >= 0.3 is 0 Å². The van der Waals surface area contributed by atoms with Gasteiger partial charge in [0.2, 0.25) is 5.91 Å². The van der Waals surface area contributed by atoms with Gasteiger partial charge in [0.1, 0.15) is 0 Å². The summed E-state index contributed by atoms with van der Waals surface area (Å²) in [4.78, 5) is 11.7. The predicted octanol–water partition coefficient (Wildman–Crippen LogP) is 2.48. The fraction of sp³-hybridized carbons (Fsp3) is 0.917. The van der Waals surface area contributed by atoms with Crippen LogP contribution in [0.15, 0.2) is 0 Å². The van der Waals surface area contributed by atoms with E-state index >= 15 is 0 Å². The van der Waals surface area contributed by atoms with Gasteiger partial charge < -0.3 is 5.32 Å². The second-order valence-electron chi connectivity index (χ2n) is 6.03. The third-order valence-corrected chi connectivity index (χ3v) is 3.74. The van der Waals surface area contributed by atoms with Gasteiger partial charge in [-0.05, 0) is 37.0 Å². The van der Waals surface area contributed by atoms with Crippen LogP contribution in [-0.2, 0) is 4.79 Å². The van der Waals surface area contributed by atoms with Crippen LogP contribution < -0.4 is 5.32 Å². The normalized spacial score (nSPS) is 24.5. The minimum Gasteiger partial charge on any atom is -0.350 e. The van der Waals surface area contributed by atoms with Crippen molar-refractivity contribution in [1.82, 2.24) is 5.32 Å². The van der Waals surface area contributed by atoms with E-state index in [-0.39, 0.29) is 16.9 Å². The summed E-state index contributed by atoms with van der Waals surface area (Å²) in [6.45, 7) is 6.66. The molecule has 1 amide bonds. The lowest BCUT2D eigenvalue weighted by atomic mass is 9.84. The van der Waals surface area contributed by atoms with Gasteiger partial charge in [-0.3, -0.25) is 4.79 Å². The quantitative estimate of drug-likeness (QED) is 0.736. The maximum atomic E-state index is 11.7. The van der Waals surface area contributed by atoms with Gasteiger partial charge in [0.15, 0.2) is 0 Å². The molecule has 2 heteroatoms. The first-order chi connectivity index (χ1) is 6.43. The Labute approximate surface area is 86.5 Å². The first-order valence-electron chi connectivity index (χ1n) is 5.74. The molecule has 1 N–H and O–H groups in total. The molecule has 0 heterocycles. The highest BCUT2D eigenvalue weighted by Crippen LogP contribution is 2.49. The average molecular weight is 195 g/mol. The monoisotopic (exact) mass is 195 g/mol. The van der Waals surface area contributed by atoms with Gasteiger partial charge in [-0.1, -0.05) is 20.8 Å². The summed E-state index contributed by atoms with van der Waals surface area (Å²) < 4.78 is 0. The molecule has 0 unspecified atom stereocenters. The van der Waals surface area contributed by atoms with Crippen molar-refractivity contribution < 1.29 is 4.79 Å². The summed E-state index contributed by atoms with van der Waals surface area (Å²) in [6.07, 6.45) is 5.60. The molecule has 80 valence electrons. The smallest absolute Gasteiger partial charge is 0.220 e. The largest absolute Gasteiger partial charge is 0.350 e. The molecule has 0 radical (unpaired) electrons. The lowest BCUT2D eigenvalue weighted by Crippen LogP contribution is -2.46. The Balaban J connectivity index is 1.86. The first kappa shape index (κ1) is 10.0. The van der Waals surface area contributed by atoms with Crippen LogP contribution in [0.25, 0.3) is 0 Å². The van der Waals surface area contributed by atoms with E-state index < -0.39 is 0 Å². The highest BCUT2D eigenvalue weighted by molar-refractivity contribution is 5.78. The Bertz CT molecular complexity index is 244. The van der Waals surface area contributed by atoms with E-state index in [1.807, 2.05) is 0 Å². The van der Waals surface area contributed by atoms with E-state index in [0.717, 1.165) is 19.3 Å². The van der Waals surface area contributed by atoms with Crippen molar-refractivity contribution in [3.63, 3.8) is 0 Å². The summed E-state index contributed by atoms with van der Waals surface area (Å²) in [5, 5.41) is 3.24. The van der Waals surface area contributed by atoms with Crippen LogP contribution in [0.5, 0.6) is 0 Å². The molecular weight excluding hydrogens is 174 g/mol. The molecule has 0 aliphatic heterocycles. The van der Waals surface area contributed by atoms with Gasteiger partial charge in [0, 0.05) is 12.0 Å². The van der Waals surface area contributed by atoms with Gasteiger partial charge in [-0.25, -0.2) is 0 Å². The number of hydrogen-bond donors (Lipinski definition) is 1. The zero-order valence-corrected chi connectivity index (χ0v) is 9.52. The number of carbonyl (C=O) groups is 1. The molecule has 2 aliphatic carbocycles. The van der Waals surface area contributed by atoms with Crippen molar-refractivity contribution in [2.75, 3.05) is 0 Å². The zero-order chi connectivity index (χ0) is 10.4. The Morgan fingerprint density at radius 2 is 1.93 bits per heavy atom. The van der Waals surface area contributed by atoms with Crippen LogP contribution in [0, 0.1) is 11.3 Å². The van der Waals surface area contributed by atoms with Crippen molar-refractivity contribution >= 4 is 5.91 Å². The molecule has 2 rings (SSSR count). The van der Waals surface area contributed by atoms with Crippen molar-refractivity contribution in [1.29, 1.82) is 0 Å². The molecule has 0 aromatic carbocycles. The van der Waals surface area contributed by atoms with Gasteiger partial charge in [0.05, 0.1) is 0 Å². The molecule has 0 spiro atoms. The van der Waals surface area contributed by atoms with Gasteiger partial charge in [-0.2, -0.15) is 0 Å². The van der Waals surface area contributed by atoms with E-state index in [0.29, 0.717) is 5.92 Å². The number of amides is 1. The molecule has 2 aliphatic rings. The highest BCUT2D eigenvalue weighted by atomic mass is 16.1. The Hall–Kier alpha value is -0.530. The van der Waals surface area contributed by atoms with Crippen molar-refractivity contribution in [3.8, 4) is 0 Å². The van der Waals surface area contributed by atoms with Crippen LogP contribution in [0.1, 0.15) is 52.9 Å². The number of hydrogen-bond acceptors (Lipinski definition) is 1. The standard InChI is InChI=1S/C12H21NO/c1-11(2,3)12(6-7-12)13-10(14)8-9-4-5-9/h9H,4-8H2,1-3H3,(H,13,14). The van der Waals surface area contributed by atoms with Crippen LogP contribution in [0.2, 0.25) is 0 Å². The van der Waals surface area contributed by atoms with E-state index in [2.05, 4.69) is 26.1 Å². The van der Waals surface area contributed by atoms with Crippen LogP contribution in [0.3, 0.4) is 0 Å². The molecular formula is C12H21NO.